The van der Waals surface area contributed by atoms with Gasteiger partial charge in [-0.25, -0.2) is 4.79 Å². The number of hydrogen-bond donors (Lipinski definition) is 2. The molecule has 1 atom stereocenters. The Hall–Kier alpha value is -2.42. The molecular formula is C13H16N6O2S. The second-order valence-electron chi connectivity index (χ2n) is 4.78. The monoisotopic (exact) mass is 320 g/mol. The standard InChI is InChI=1S/C13H16N6O2S/c1-7-4-5-8(2)10(6-7)19-13(16-17-18-19)22-9(3)11(20)15-12(14)21/h4-6,9H,1-3H3,(H3,14,15,20,21)/t9-/m0/s1. The fourth-order valence-corrected chi connectivity index (χ4v) is 2.59. The van der Waals surface area contributed by atoms with Crippen LogP contribution in [0.2, 0.25) is 0 Å². The maximum absolute atomic E-state index is 11.7. The molecule has 2 rings (SSSR count). The van der Waals surface area contributed by atoms with E-state index in [4.69, 9.17) is 5.73 Å². The first-order valence-electron chi connectivity index (χ1n) is 6.51. The van der Waals surface area contributed by atoms with Crippen LogP contribution in [0.5, 0.6) is 0 Å². The van der Waals surface area contributed by atoms with Crippen molar-refractivity contribution in [3.8, 4) is 5.69 Å². The molecule has 0 fully saturated rings. The molecule has 0 aliphatic heterocycles. The average Bonchev–Trinajstić information content (AvgIpc) is 2.88. The molecule has 0 bridgehead atoms. The van der Waals surface area contributed by atoms with Crippen LogP contribution in [0.1, 0.15) is 18.1 Å². The van der Waals surface area contributed by atoms with Gasteiger partial charge in [0, 0.05) is 0 Å². The number of carbonyl (C=O) groups excluding carboxylic acids is 2. The minimum atomic E-state index is -0.883. The van der Waals surface area contributed by atoms with Gasteiger partial charge in [-0.1, -0.05) is 23.9 Å². The topological polar surface area (TPSA) is 116 Å². The molecule has 0 unspecified atom stereocenters. The van der Waals surface area contributed by atoms with E-state index < -0.39 is 17.2 Å². The minimum Gasteiger partial charge on any atom is -0.351 e. The highest BCUT2D eigenvalue weighted by Crippen LogP contribution is 2.24. The highest BCUT2D eigenvalue weighted by molar-refractivity contribution is 8.00. The zero-order chi connectivity index (χ0) is 16.3. The van der Waals surface area contributed by atoms with Gasteiger partial charge in [-0.05, 0) is 48.4 Å². The Balaban J connectivity index is 2.25. The molecule has 3 N–H and O–H groups in total. The third-order valence-electron chi connectivity index (χ3n) is 2.93. The number of aryl methyl sites for hydroxylation is 2. The molecule has 0 saturated carbocycles. The van der Waals surface area contributed by atoms with Crippen LogP contribution in [-0.2, 0) is 4.79 Å². The first kappa shape index (κ1) is 16.0. The van der Waals surface area contributed by atoms with Crippen molar-refractivity contribution in [3.63, 3.8) is 0 Å². The Morgan fingerprint density at radius 1 is 1.36 bits per heavy atom. The molecule has 22 heavy (non-hydrogen) atoms. The van der Waals surface area contributed by atoms with Crippen molar-refractivity contribution >= 4 is 23.7 Å². The number of rotatable bonds is 4. The molecule has 0 saturated heterocycles. The van der Waals surface area contributed by atoms with Crippen molar-refractivity contribution in [2.45, 2.75) is 31.2 Å². The Morgan fingerprint density at radius 3 is 2.77 bits per heavy atom. The van der Waals surface area contributed by atoms with E-state index in [2.05, 4.69) is 15.5 Å². The normalized spacial score (nSPS) is 12.0. The summed E-state index contributed by atoms with van der Waals surface area (Å²) < 4.78 is 1.57. The van der Waals surface area contributed by atoms with Gasteiger partial charge in [0.15, 0.2) is 0 Å². The molecule has 0 spiro atoms. The number of tetrazole rings is 1. The number of aromatic nitrogens is 4. The SMILES string of the molecule is Cc1ccc(C)c(-n2nnnc2S[C@@H](C)C(=O)NC(N)=O)c1. The van der Waals surface area contributed by atoms with E-state index >= 15 is 0 Å². The van der Waals surface area contributed by atoms with E-state index in [1.54, 1.807) is 11.6 Å². The number of primary amides is 1. The lowest BCUT2D eigenvalue weighted by Crippen LogP contribution is -2.39. The van der Waals surface area contributed by atoms with Crippen LogP contribution in [0, 0.1) is 13.8 Å². The predicted molar refractivity (Wildman–Crippen MR) is 81.7 cm³/mol. The quantitative estimate of drug-likeness (QED) is 0.810. The largest absolute Gasteiger partial charge is 0.351 e. The number of urea groups is 1. The molecular weight excluding hydrogens is 304 g/mol. The third kappa shape index (κ3) is 3.61. The van der Waals surface area contributed by atoms with Crippen LogP contribution in [-0.4, -0.2) is 37.4 Å². The van der Waals surface area contributed by atoms with Gasteiger partial charge in [0.1, 0.15) is 0 Å². The zero-order valence-corrected chi connectivity index (χ0v) is 13.2. The summed E-state index contributed by atoms with van der Waals surface area (Å²) in [4.78, 5) is 22.5. The van der Waals surface area contributed by atoms with Gasteiger partial charge >= 0.3 is 6.03 Å². The fourth-order valence-electron chi connectivity index (χ4n) is 1.79. The van der Waals surface area contributed by atoms with Crippen molar-refractivity contribution in [3.05, 3.63) is 29.3 Å². The van der Waals surface area contributed by atoms with Gasteiger partial charge in [0.2, 0.25) is 11.1 Å². The summed E-state index contributed by atoms with van der Waals surface area (Å²) in [5.41, 5.74) is 7.86. The molecule has 1 aromatic heterocycles. The molecule has 9 heteroatoms. The Kier molecular flexibility index (Phi) is 4.76. The summed E-state index contributed by atoms with van der Waals surface area (Å²) in [6, 6.07) is 5.05. The summed E-state index contributed by atoms with van der Waals surface area (Å²) >= 11 is 1.14. The first-order valence-corrected chi connectivity index (χ1v) is 7.39. The number of nitrogens with one attached hydrogen (secondary N) is 1. The maximum Gasteiger partial charge on any atom is 0.318 e. The fraction of sp³-hybridized carbons (Fsp3) is 0.308. The first-order chi connectivity index (χ1) is 10.4. The summed E-state index contributed by atoms with van der Waals surface area (Å²) in [5.74, 6) is -0.493. The highest BCUT2D eigenvalue weighted by Gasteiger charge is 2.20. The molecule has 0 radical (unpaired) electrons. The molecule has 2 aromatic rings. The summed E-state index contributed by atoms with van der Waals surface area (Å²) in [7, 11) is 0. The van der Waals surface area contributed by atoms with E-state index in [1.807, 2.05) is 37.4 Å². The van der Waals surface area contributed by atoms with Crippen molar-refractivity contribution in [1.82, 2.24) is 25.5 Å². The van der Waals surface area contributed by atoms with Gasteiger partial charge in [0.25, 0.3) is 0 Å². The van der Waals surface area contributed by atoms with E-state index in [-0.39, 0.29) is 0 Å². The maximum atomic E-state index is 11.7. The molecule has 0 aliphatic carbocycles. The van der Waals surface area contributed by atoms with Crippen LogP contribution in [0.4, 0.5) is 4.79 Å². The predicted octanol–water partition coefficient (Wildman–Crippen LogP) is 0.955. The average molecular weight is 320 g/mol. The number of imide groups is 1. The van der Waals surface area contributed by atoms with Crippen molar-refractivity contribution in [2.75, 3.05) is 0 Å². The smallest absolute Gasteiger partial charge is 0.318 e. The number of carbonyl (C=O) groups is 2. The molecule has 1 heterocycles. The second-order valence-corrected chi connectivity index (χ2v) is 6.08. The molecule has 8 nitrogen and oxygen atoms in total. The lowest BCUT2D eigenvalue weighted by Gasteiger charge is -2.11. The van der Waals surface area contributed by atoms with E-state index in [1.165, 1.54) is 0 Å². The number of hydrogen-bond acceptors (Lipinski definition) is 6. The van der Waals surface area contributed by atoms with Crippen molar-refractivity contribution in [2.24, 2.45) is 5.73 Å². The van der Waals surface area contributed by atoms with E-state index in [0.29, 0.717) is 5.16 Å². The number of amides is 3. The van der Waals surface area contributed by atoms with Gasteiger partial charge in [-0.15, -0.1) is 5.10 Å². The zero-order valence-electron chi connectivity index (χ0n) is 12.4. The van der Waals surface area contributed by atoms with Crippen molar-refractivity contribution < 1.29 is 9.59 Å². The molecule has 1 aromatic carbocycles. The molecule has 3 amide bonds. The van der Waals surface area contributed by atoms with Gasteiger partial charge < -0.3 is 5.73 Å². The second kappa shape index (κ2) is 6.56. The lowest BCUT2D eigenvalue weighted by molar-refractivity contribution is -0.119. The Bertz CT molecular complexity index is 714. The number of nitrogens with zero attached hydrogens (tertiary/aromatic N) is 4. The Labute approximate surface area is 131 Å². The van der Waals surface area contributed by atoms with Gasteiger partial charge in [0.05, 0.1) is 10.9 Å². The van der Waals surface area contributed by atoms with Gasteiger partial charge in [-0.3, -0.25) is 10.1 Å². The number of nitrogens with two attached hydrogens (primary N) is 1. The number of benzene rings is 1. The minimum absolute atomic E-state index is 0.459. The lowest BCUT2D eigenvalue weighted by atomic mass is 10.1. The number of thioether (sulfide) groups is 1. The van der Waals surface area contributed by atoms with E-state index in [9.17, 15) is 9.59 Å². The third-order valence-corrected chi connectivity index (χ3v) is 3.96. The van der Waals surface area contributed by atoms with Crippen LogP contribution in [0.25, 0.3) is 5.69 Å². The Morgan fingerprint density at radius 2 is 2.09 bits per heavy atom. The highest BCUT2D eigenvalue weighted by atomic mass is 32.2. The van der Waals surface area contributed by atoms with Crippen LogP contribution in [0.15, 0.2) is 23.4 Å². The molecule has 0 aliphatic rings. The van der Waals surface area contributed by atoms with Crippen LogP contribution < -0.4 is 11.1 Å². The van der Waals surface area contributed by atoms with Crippen LogP contribution >= 0.6 is 11.8 Å². The van der Waals surface area contributed by atoms with Gasteiger partial charge in [-0.2, -0.15) is 4.68 Å². The van der Waals surface area contributed by atoms with E-state index in [0.717, 1.165) is 28.6 Å². The van der Waals surface area contributed by atoms with Crippen molar-refractivity contribution in [1.29, 1.82) is 0 Å². The summed E-state index contributed by atoms with van der Waals surface area (Å²) in [6.07, 6.45) is 0. The van der Waals surface area contributed by atoms with Crippen LogP contribution in [0.3, 0.4) is 0 Å². The summed E-state index contributed by atoms with van der Waals surface area (Å²) in [5, 5.41) is 13.5. The molecule has 116 valence electrons. The summed E-state index contributed by atoms with van der Waals surface area (Å²) in [6.45, 7) is 5.57.